The molecule has 1 aliphatic rings. The van der Waals surface area contributed by atoms with E-state index in [-0.39, 0.29) is 11.8 Å². The number of carbonyl (C=O) groups excluding carboxylic acids is 2. The first-order valence-electron chi connectivity index (χ1n) is 8.78. The number of piperazine rings is 1. The molecule has 6 nitrogen and oxygen atoms in total. The normalized spacial score (nSPS) is 14.3. The summed E-state index contributed by atoms with van der Waals surface area (Å²) < 4.78 is 0. The fourth-order valence-electron chi connectivity index (χ4n) is 3.26. The number of aryl methyl sites for hydroxylation is 2. The number of hydrogen-bond donors (Lipinski definition) is 1. The molecule has 2 heterocycles. The highest BCUT2D eigenvalue weighted by molar-refractivity contribution is 6.03. The highest BCUT2D eigenvalue weighted by Crippen LogP contribution is 2.19. The van der Waals surface area contributed by atoms with Crippen LogP contribution in [0.3, 0.4) is 0 Å². The summed E-state index contributed by atoms with van der Waals surface area (Å²) >= 11 is 0. The molecule has 1 fully saturated rings. The molecule has 1 aromatic carbocycles. The molecule has 136 valence electrons. The number of benzene rings is 1. The Bertz CT molecular complexity index is 806. The average Bonchev–Trinajstić information content (AvgIpc) is 2.61. The topological polar surface area (TPSA) is 65.5 Å². The molecule has 0 bridgehead atoms. The molecule has 0 unspecified atom stereocenters. The number of nitrogens with one attached hydrogen (secondary N) is 1. The van der Waals surface area contributed by atoms with Gasteiger partial charge >= 0.3 is 0 Å². The minimum absolute atomic E-state index is 0.105. The summed E-state index contributed by atoms with van der Waals surface area (Å²) in [7, 11) is 0. The highest BCUT2D eigenvalue weighted by Gasteiger charge is 2.20. The van der Waals surface area contributed by atoms with Crippen LogP contribution in [0.1, 0.15) is 28.5 Å². The van der Waals surface area contributed by atoms with E-state index in [1.165, 1.54) is 0 Å². The summed E-state index contributed by atoms with van der Waals surface area (Å²) in [5.41, 5.74) is 4.31. The standard InChI is InChI=1S/C20H24N4O2/c1-14-10-15(2)12-17(11-14)22-20(26)19-13-18(4-5-21-19)24-8-6-23(7-9-24)16(3)25/h4-5,10-13H,6-9H2,1-3H3,(H,22,26). The lowest BCUT2D eigenvalue weighted by atomic mass is 10.1. The summed E-state index contributed by atoms with van der Waals surface area (Å²) in [4.78, 5) is 32.2. The van der Waals surface area contributed by atoms with Crippen molar-refractivity contribution < 1.29 is 9.59 Å². The zero-order valence-corrected chi connectivity index (χ0v) is 15.5. The molecule has 0 spiro atoms. The van der Waals surface area contributed by atoms with Gasteiger partial charge in [0.05, 0.1) is 0 Å². The van der Waals surface area contributed by atoms with Crippen molar-refractivity contribution in [2.45, 2.75) is 20.8 Å². The van der Waals surface area contributed by atoms with E-state index in [4.69, 9.17) is 0 Å². The number of aromatic nitrogens is 1. The summed E-state index contributed by atoms with van der Waals surface area (Å²) in [6.07, 6.45) is 1.66. The molecule has 1 aliphatic heterocycles. The first-order chi connectivity index (χ1) is 12.4. The molecule has 1 saturated heterocycles. The van der Waals surface area contributed by atoms with Crippen molar-refractivity contribution in [3.8, 4) is 0 Å². The van der Waals surface area contributed by atoms with Gasteiger partial charge in [-0.05, 0) is 49.2 Å². The van der Waals surface area contributed by atoms with Crippen LogP contribution in [0.25, 0.3) is 0 Å². The maximum Gasteiger partial charge on any atom is 0.274 e. The predicted octanol–water partition coefficient (Wildman–Crippen LogP) is 2.62. The first-order valence-corrected chi connectivity index (χ1v) is 8.78. The Hall–Kier alpha value is -2.89. The van der Waals surface area contributed by atoms with Gasteiger partial charge in [0.1, 0.15) is 5.69 Å². The quantitative estimate of drug-likeness (QED) is 0.922. The van der Waals surface area contributed by atoms with Crippen molar-refractivity contribution in [3.05, 3.63) is 53.3 Å². The van der Waals surface area contributed by atoms with Gasteiger partial charge in [0.2, 0.25) is 5.91 Å². The minimum atomic E-state index is -0.223. The molecule has 0 radical (unpaired) electrons. The zero-order valence-electron chi connectivity index (χ0n) is 15.5. The van der Waals surface area contributed by atoms with Gasteiger partial charge in [0.25, 0.3) is 5.91 Å². The van der Waals surface area contributed by atoms with E-state index in [9.17, 15) is 9.59 Å². The number of rotatable bonds is 3. The van der Waals surface area contributed by atoms with Gasteiger partial charge < -0.3 is 15.1 Å². The number of carbonyl (C=O) groups is 2. The third kappa shape index (κ3) is 4.20. The molecule has 1 aromatic heterocycles. The van der Waals surface area contributed by atoms with Crippen molar-refractivity contribution in [1.29, 1.82) is 0 Å². The molecular weight excluding hydrogens is 328 g/mol. The molecule has 2 aromatic rings. The zero-order chi connectivity index (χ0) is 18.7. The van der Waals surface area contributed by atoms with E-state index in [1.54, 1.807) is 19.2 Å². The van der Waals surface area contributed by atoms with Gasteiger partial charge in [-0.1, -0.05) is 6.07 Å². The van der Waals surface area contributed by atoms with E-state index in [1.807, 2.05) is 36.9 Å². The van der Waals surface area contributed by atoms with Gasteiger partial charge in [0.15, 0.2) is 0 Å². The molecule has 0 atom stereocenters. The van der Waals surface area contributed by atoms with E-state index in [2.05, 4.69) is 21.3 Å². The van der Waals surface area contributed by atoms with Crippen LogP contribution in [0.2, 0.25) is 0 Å². The second-order valence-electron chi connectivity index (χ2n) is 6.72. The third-order valence-electron chi connectivity index (χ3n) is 4.55. The first kappa shape index (κ1) is 17.9. The largest absolute Gasteiger partial charge is 0.368 e. The van der Waals surface area contributed by atoms with Crippen molar-refractivity contribution in [2.24, 2.45) is 0 Å². The lowest BCUT2D eigenvalue weighted by molar-refractivity contribution is -0.129. The Morgan fingerprint density at radius 1 is 1.00 bits per heavy atom. The Labute approximate surface area is 153 Å². The van der Waals surface area contributed by atoms with Crippen LogP contribution < -0.4 is 10.2 Å². The fraction of sp³-hybridized carbons (Fsp3) is 0.350. The Balaban J connectivity index is 1.71. The van der Waals surface area contributed by atoms with Crippen LogP contribution in [0, 0.1) is 13.8 Å². The van der Waals surface area contributed by atoms with Crippen LogP contribution in [0.5, 0.6) is 0 Å². The van der Waals surface area contributed by atoms with Crippen molar-refractivity contribution in [3.63, 3.8) is 0 Å². The Kier molecular flexibility index (Phi) is 5.21. The third-order valence-corrected chi connectivity index (χ3v) is 4.55. The maximum atomic E-state index is 12.6. The lowest BCUT2D eigenvalue weighted by Crippen LogP contribution is -2.48. The molecule has 0 aliphatic carbocycles. The number of amides is 2. The van der Waals surface area contributed by atoms with Crippen LogP contribution in [-0.4, -0.2) is 47.9 Å². The van der Waals surface area contributed by atoms with Crippen molar-refractivity contribution >= 4 is 23.2 Å². The summed E-state index contributed by atoms with van der Waals surface area (Å²) in [5, 5.41) is 2.92. The molecule has 6 heteroatoms. The molecular formula is C20H24N4O2. The van der Waals surface area contributed by atoms with Crippen LogP contribution in [0.4, 0.5) is 11.4 Å². The minimum Gasteiger partial charge on any atom is -0.368 e. The number of hydrogen-bond acceptors (Lipinski definition) is 4. The van der Waals surface area contributed by atoms with E-state index >= 15 is 0 Å². The smallest absolute Gasteiger partial charge is 0.274 e. The summed E-state index contributed by atoms with van der Waals surface area (Å²) in [6, 6.07) is 9.65. The number of anilines is 2. The van der Waals surface area contributed by atoms with E-state index < -0.39 is 0 Å². The monoisotopic (exact) mass is 352 g/mol. The molecule has 1 N–H and O–H groups in total. The van der Waals surface area contributed by atoms with E-state index in [0.717, 1.165) is 35.6 Å². The molecule has 2 amide bonds. The van der Waals surface area contributed by atoms with Gasteiger partial charge in [-0.3, -0.25) is 14.6 Å². The van der Waals surface area contributed by atoms with Crippen molar-refractivity contribution in [2.75, 3.05) is 36.4 Å². The fourth-order valence-corrected chi connectivity index (χ4v) is 3.26. The van der Waals surface area contributed by atoms with Gasteiger partial charge in [0, 0.05) is 50.7 Å². The highest BCUT2D eigenvalue weighted by atomic mass is 16.2. The molecule has 26 heavy (non-hydrogen) atoms. The Morgan fingerprint density at radius 3 is 2.27 bits per heavy atom. The lowest BCUT2D eigenvalue weighted by Gasteiger charge is -2.35. The summed E-state index contributed by atoms with van der Waals surface area (Å²) in [6.45, 7) is 8.49. The second-order valence-corrected chi connectivity index (χ2v) is 6.72. The molecule has 3 rings (SSSR count). The average molecular weight is 352 g/mol. The van der Waals surface area contributed by atoms with E-state index in [0.29, 0.717) is 18.8 Å². The van der Waals surface area contributed by atoms with Crippen LogP contribution >= 0.6 is 0 Å². The summed E-state index contributed by atoms with van der Waals surface area (Å²) in [5.74, 6) is -0.118. The van der Waals surface area contributed by atoms with Gasteiger partial charge in [-0.15, -0.1) is 0 Å². The number of pyridine rings is 1. The van der Waals surface area contributed by atoms with Gasteiger partial charge in [-0.25, -0.2) is 0 Å². The Morgan fingerprint density at radius 2 is 1.65 bits per heavy atom. The molecule has 0 saturated carbocycles. The predicted molar refractivity (Wildman–Crippen MR) is 103 cm³/mol. The maximum absolute atomic E-state index is 12.6. The van der Waals surface area contributed by atoms with Crippen LogP contribution in [-0.2, 0) is 4.79 Å². The van der Waals surface area contributed by atoms with Crippen LogP contribution in [0.15, 0.2) is 36.5 Å². The van der Waals surface area contributed by atoms with Crippen molar-refractivity contribution in [1.82, 2.24) is 9.88 Å². The van der Waals surface area contributed by atoms with Gasteiger partial charge in [-0.2, -0.15) is 0 Å². The SMILES string of the molecule is CC(=O)N1CCN(c2ccnc(C(=O)Nc3cc(C)cc(C)c3)c2)CC1. The second kappa shape index (κ2) is 7.56. The number of nitrogens with zero attached hydrogens (tertiary/aromatic N) is 3.